The third-order valence-corrected chi connectivity index (χ3v) is 2.72. The summed E-state index contributed by atoms with van der Waals surface area (Å²) in [4.78, 5) is 14.6. The average Bonchev–Trinajstić information content (AvgIpc) is 2.27. The summed E-state index contributed by atoms with van der Waals surface area (Å²) in [5.41, 5.74) is 0.512. The molecule has 0 radical (unpaired) electrons. The van der Waals surface area contributed by atoms with Gasteiger partial charge in [0, 0.05) is 11.5 Å². The van der Waals surface area contributed by atoms with E-state index in [0.717, 1.165) is 10.4 Å². The maximum atomic E-state index is 10.8. The van der Waals surface area contributed by atoms with Gasteiger partial charge in [0.2, 0.25) is 0 Å². The van der Waals surface area contributed by atoms with Crippen LogP contribution < -0.4 is 0 Å². The lowest BCUT2D eigenvalue weighted by atomic mass is 10.2. The van der Waals surface area contributed by atoms with Gasteiger partial charge in [-0.3, -0.25) is 10.1 Å². The summed E-state index contributed by atoms with van der Waals surface area (Å²) in [6, 6.07) is 8.66. The zero-order chi connectivity index (χ0) is 10.8. The molecule has 0 spiro atoms. The van der Waals surface area contributed by atoms with E-state index in [1.807, 2.05) is 24.5 Å². The molecular weight excluding hydrogens is 212 g/mol. The monoisotopic (exact) mass is 220 g/mol. The molecule has 5 heteroatoms. The molecule has 0 fully saturated rings. The first kappa shape index (κ1) is 9.92. The molecule has 0 unspecified atom stereocenters. The number of nitro groups is 1. The summed E-state index contributed by atoms with van der Waals surface area (Å²) in [5.74, 6) is 0. The number of nitrogens with zero attached hydrogens (tertiary/aromatic N) is 2. The molecule has 2 aromatic rings. The second-order valence-electron chi connectivity index (χ2n) is 2.96. The van der Waals surface area contributed by atoms with Gasteiger partial charge in [-0.05, 0) is 18.4 Å². The quantitative estimate of drug-likeness (QED) is 0.443. The maximum Gasteiger partial charge on any atom is 0.295 e. The average molecular weight is 220 g/mol. The van der Waals surface area contributed by atoms with E-state index in [1.54, 1.807) is 6.07 Å². The van der Waals surface area contributed by atoms with Gasteiger partial charge in [-0.1, -0.05) is 12.1 Å². The number of fused-ring (bicyclic) bond motifs is 1. The van der Waals surface area contributed by atoms with Crippen LogP contribution in [0.4, 0.5) is 5.69 Å². The molecule has 0 saturated carbocycles. The zero-order valence-electron chi connectivity index (χ0n) is 8.01. The summed E-state index contributed by atoms with van der Waals surface area (Å²) in [6.45, 7) is 0. The molecule has 0 aliphatic heterocycles. The third-order valence-electron chi connectivity index (χ3n) is 2.08. The van der Waals surface area contributed by atoms with Crippen molar-refractivity contribution >= 4 is 28.4 Å². The van der Waals surface area contributed by atoms with Crippen LogP contribution in [0.15, 0.2) is 35.4 Å². The molecule has 0 saturated heterocycles. The summed E-state index contributed by atoms with van der Waals surface area (Å²) in [6.07, 6.45) is 1.89. The predicted molar refractivity (Wildman–Crippen MR) is 60.2 cm³/mol. The minimum atomic E-state index is -0.403. The van der Waals surface area contributed by atoms with Crippen LogP contribution >= 0.6 is 11.8 Å². The van der Waals surface area contributed by atoms with Crippen molar-refractivity contribution in [1.29, 1.82) is 0 Å². The smallest absolute Gasteiger partial charge is 0.258 e. The molecule has 0 N–H and O–H groups in total. The van der Waals surface area contributed by atoms with Crippen LogP contribution in [0.2, 0.25) is 0 Å². The fourth-order valence-corrected chi connectivity index (χ4v) is 1.76. The maximum absolute atomic E-state index is 10.8. The van der Waals surface area contributed by atoms with Gasteiger partial charge in [-0.2, -0.15) is 0 Å². The normalized spacial score (nSPS) is 10.5. The van der Waals surface area contributed by atoms with Crippen LogP contribution in [0.1, 0.15) is 0 Å². The van der Waals surface area contributed by atoms with E-state index in [4.69, 9.17) is 0 Å². The molecule has 1 aromatic carbocycles. The first-order valence-electron chi connectivity index (χ1n) is 4.30. The first-order valence-corrected chi connectivity index (χ1v) is 5.53. The Hall–Kier alpha value is -1.62. The number of rotatable bonds is 2. The van der Waals surface area contributed by atoms with Gasteiger partial charge >= 0.3 is 0 Å². The molecular formula is C10H8N2O2S. The van der Waals surface area contributed by atoms with Crippen molar-refractivity contribution in [3.8, 4) is 0 Å². The van der Waals surface area contributed by atoms with Crippen LogP contribution in [-0.4, -0.2) is 16.2 Å². The standard InChI is InChI=1S/C10H8N2O2S/c1-15-9-6-5-7-3-2-4-8(12(13)14)10(7)11-9/h2-6H,1H3. The van der Waals surface area contributed by atoms with Gasteiger partial charge < -0.3 is 0 Å². The van der Waals surface area contributed by atoms with Crippen LogP contribution in [-0.2, 0) is 0 Å². The Balaban J connectivity index is 2.76. The first-order chi connectivity index (χ1) is 7.22. The molecule has 1 heterocycles. The van der Waals surface area contributed by atoms with Gasteiger partial charge in [0.15, 0.2) is 0 Å². The molecule has 0 bridgehead atoms. The summed E-state index contributed by atoms with van der Waals surface area (Å²) < 4.78 is 0. The number of thioether (sulfide) groups is 1. The Morgan fingerprint density at radius 3 is 2.80 bits per heavy atom. The van der Waals surface area contributed by atoms with Crippen LogP contribution in [0.3, 0.4) is 0 Å². The minimum Gasteiger partial charge on any atom is -0.258 e. The van der Waals surface area contributed by atoms with Gasteiger partial charge in [0.25, 0.3) is 5.69 Å². The molecule has 1 aromatic heterocycles. The van der Waals surface area contributed by atoms with Crippen molar-refractivity contribution in [2.75, 3.05) is 6.26 Å². The van der Waals surface area contributed by atoms with Crippen LogP contribution in [0.25, 0.3) is 10.9 Å². The molecule has 76 valence electrons. The van der Waals surface area contributed by atoms with E-state index < -0.39 is 4.92 Å². The van der Waals surface area contributed by atoms with Crippen LogP contribution in [0.5, 0.6) is 0 Å². The molecule has 2 rings (SSSR count). The zero-order valence-corrected chi connectivity index (χ0v) is 8.82. The number of aromatic nitrogens is 1. The van der Waals surface area contributed by atoms with Gasteiger partial charge in [0.05, 0.1) is 9.95 Å². The Kier molecular flexibility index (Phi) is 2.55. The minimum absolute atomic E-state index is 0.0587. The highest BCUT2D eigenvalue weighted by molar-refractivity contribution is 7.98. The number of benzene rings is 1. The van der Waals surface area contributed by atoms with Crippen molar-refractivity contribution in [3.05, 3.63) is 40.4 Å². The second kappa shape index (κ2) is 3.86. The van der Waals surface area contributed by atoms with Crippen LogP contribution in [0, 0.1) is 10.1 Å². The van der Waals surface area contributed by atoms with Crippen molar-refractivity contribution in [1.82, 2.24) is 4.98 Å². The fraction of sp³-hybridized carbons (Fsp3) is 0.100. The highest BCUT2D eigenvalue weighted by Crippen LogP contribution is 2.25. The third kappa shape index (κ3) is 1.78. The fourth-order valence-electron chi connectivity index (χ4n) is 1.37. The van der Waals surface area contributed by atoms with E-state index in [-0.39, 0.29) is 5.69 Å². The van der Waals surface area contributed by atoms with Crippen molar-refractivity contribution in [2.24, 2.45) is 0 Å². The molecule has 4 nitrogen and oxygen atoms in total. The van der Waals surface area contributed by atoms with Gasteiger partial charge in [-0.25, -0.2) is 4.98 Å². The summed E-state index contributed by atoms with van der Waals surface area (Å²) in [5, 5.41) is 12.4. The van der Waals surface area contributed by atoms with Gasteiger partial charge in [-0.15, -0.1) is 11.8 Å². The number of non-ortho nitro benzene ring substituents is 1. The molecule has 15 heavy (non-hydrogen) atoms. The number of para-hydroxylation sites is 1. The Morgan fingerprint density at radius 1 is 1.33 bits per heavy atom. The summed E-state index contributed by atoms with van der Waals surface area (Å²) in [7, 11) is 0. The highest BCUT2D eigenvalue weighted by atomic mass is 32.2. The predicted octanol–water partition coefficient (Wildman–Crippen LogP) is 2.86. The van der Waals surface area contributed by atoms with E-state index >= 15 is 0 Å². The van der Waals surface area contributed by atoms with E-state index in [0.29, 0.717) is 5.52 Å². The Bertz CT molecular complexity index is 528. The van der Waals surface area contributed by atoms with Crippen molar-refractivity contribution in [3.63, 3.8) is 0 Å². The SMILES string of the molecule is CSc1ccc2cccc([N+](=O)[O-])c2n1. The molecule has 0 atom stereocenters. The second-order valence-corrected chi connectivity index (χ2v) is 3.79. The van der Waals surface area contributed by atoms with Gasteiger partial charge in [0.1, 0.15) is 5.52 Å². The molecule has 0 aliphatic rings. The lowest BCUT2D eigenvalue weighted by molar-refractivity contribution is -0.383. The van der Waals surface area contributed by atoms with E-state index in [2.05, 4.69) is 4.98 Å². The number of nitro benzene ring substituents is 1. The number of hydrogen-bond acceptors (Lipinski definition) is 4. The Labute approximate surface area is 90.5 Å². The van der Waals surface area contributed by atoms with Crippen molar-refractivity contribution in [2.45, 2.75) is 5.03 Å². The van der Waals surface area contributed by atoms with E-state index in [9.17, 15) is 10.1 Å². The Morgan fingerprint density at radius 2 is 2.13 bits per heavy atom. The number of hydrogen-bond donors (Lipinski definition) is 0. The lowest BCUT2D eigenvalue weighted by Crippen LogP contribution is -1.91. The molecule has 0 aliphatic carbocycles. The highest BCUT2D eigenvalue weighted by Gasteiger charge is 2.12. The number of pyridine rings is 1. The lowest BCUT2D eigenvalue weighted by Gasteiger charge is -2.00. The van der Waals surface area contributed by atoms with E-state index in [1.165, 1.54) is 17.8 Å². The summed E-state index contributed by atoms with van der Waals surface area (Å²) >= 11 is 1.47. The van der Waals surface area contributed by atoms with Crippen molar-refractivity contribution < 1.29 is 4.92 Å². The molecule has 0 amide bonds. The topological polar surface area (TPSA) is 56.0 Å². The largest absolute Gasteiger partial charge is 0.295 e.